The molecule has 6 rings (SSSR count). The van der Waals surface area contributed by atoms with Crippen LogP contribution in [0.2, 0.25) is 0 Å². The number of rotatable bonds is 5. The van der Waals surface area contributed by atoms with Gasteiger partial charge in [-0.15, -0.1) is 0 Å². The predicted molar refractivity (Wildman–Crippen MR) is 180 cm³/mol. The molecule has 1 saturated heterocycles. The molecule has 16 heteroatoms. The number of carbonyl (C=O) groups excluding carboxylic acids is 5. The second-order valence-corrected chi connectivity index (χ2v) is 15.9. The van der Waals surface area contributed by atoms with Crippen LogP contribution < -0.4 is 15.4 Å². The number of amides is 5. The maximum Gasteiger partial charge on any atom is 0.410 e. The van der Waals surface area contributed by atoms with Crippen molar-refractivity contribution in [3.8, 4) is 0 Å². The predicted octanol–water partition coefficient (Wildman–Crippen LogP) is 3.14. The number of halogens is 1. The van der Waals surface area contributed by atoms with Crippen LogP contribution in [0.3, 0.4) is 0 Å². The van der Waals surface area contributed by atoms with Crippen LogP contribution in [0.5, 0.6) is 0 Å². The average Bonchev–Trinajstić information content (AvgIpc) is 4.03. The van der Waals surface area contributed by atoms with Crippen LogP contribution in [0.1, 0.15) is 105 Å². The monoisotopic (exact) mass is 742 g/mol. The number of fused-ring (bicyclic) bond motifs is 3. The van der Waals surface area contributed by atoms with E-state index in [9.17, 15) is 38.2 Å². The highest BCUT2D eigenvalue weighted by Gasteiger charge is 2.62. The van der Waals surface area contributed by atoms with E-state index in [0.717, 1.165) is 11.0 Å². The minimum absolute atomic E-state index is 0.111. The maximum absolute atomic E-state index is 14.9. The Morgan fingerprint density at radius 2 is 1.90 bits per heavy atom. The summed E-state index contributed by atoms with van der Waals surface area (Å²) in [5, 5.41) is 3.07. The van der Waals surface area contributed by atoms with Crippen molar-refractivity contribution < 1.29 is 61.3 Å². The van der Waals surface area contributed by atoms with Crippen LogP contribution in [-0.2, 0) is 47.0 Å². The fraction of sp³-hybridized carbons (Fsp3) is 0.629. The number of hydrogen-bond donors (Lipinski definition) is 3. The quantitative estimate of drug-likeness (QED) is 0.382. The Kier molecular flexibility index (Phi) is 6.87. The molecular formula is C35H46FN5O9S. The molecule has 3 N–H and O–H groups in total. The summed E-state index contributed by atoms with van der Waals surface area (Å²) in [6, 6.07) is -1.92. The molecule has 0 unspecified atom stereocenters. The molecule has 0 bridgehead atoms. The van der Waals surface area contributed by atoms with Crippen molar-refractivity contribution >= 4 is 39.9 Å². The van der Waals surface area contributed by atoms with Crippen molar-refractivity contribution in [1.82, 2.24) is 25.2 Å². The molecule has 0 aromatic heterocycles. The third-order valence-corrected chi connectivity index (χ3v) is 10.7. The lowest BCUT2D eigenvalue weighted by molar-refractivity contribution is -0.141. The van der Waals surface area contributed by atoms with Gasteiger partial charge in [0, 0.05) is 38.2 Å². The van der Waals surface area contributed by atoms with Crippen LogP contribution >= 0.6 is 0 Å². The van der Waals surface area contributed by atoms with Crippen molar-refractivity contribution in [2.24, 2.45) is 5.92 Å². The lowest BCUT2D eigenvalue weighted by Gasteiger charge is -2.30. The van der Waals surface area contributed by atoms with E-state index in [2.05, 4.69) is 5.32 Å². The summed E-state index contributed by atoms with van der Waals surface area (Å²) in [5.41, 5.74) is -3.02. The van der Waals surface area contributed by atoms with Crippen LogP contribution in [0.15, 0.2) is 30.4 Å². The third-order valence-electron chi connectivity index (χ3n) is 8.88. The first-order valence-corrected chi connectivity index (χ1v) is 17.8. The zero-order chi connectivity index (χ0) is 46.6. The lowest BCUT2D eigenvalue weighted by atomic mass is 10.0. The fourth-order valence-corrected chi connectivity index (χ4v) is 7.47. The Hall–Kier alpha value is -4.21. The molecule has 0 radical (unpaired) electrons. The highest BCUT2D eigenvalue weighted by molar-refractivity contribution is 7.91. The molecule has 1 aromatic carbocycles. The summed E-state index contributed by atoms with van der Waals surface area (Å²) in [6.45, 7) is 2.74. The minimum atomic E-state index is -4.44. The topological polar surface area (TPSA) is 181 Å². The van der Waals surface area contributed by atoms with Gasteiger partial charge in [-0.2, -0.15) is 0 Å². The summed E-state index contributed by atoms with van der Waals surface area (Å²) in [6.07, 6.45) is -24.7. The molecule has 2 saturated carbocycles. The second-order valence-electron chi connectivity index (χ2n) is 13.9. The summed E-state index contributed by atoms with van der Waals surface area (Å²) >= 11 is 0. The van der Waals surface area contributed by atoms with E-state index in [4.69, 9.17) is 23.2 Å². The Morgan fingerprint density at radius 3 is 2.61 bits per heavy atom. The molecule has 5 atom stereocenters. The van der Waals surface area contributed by atoms with Crippen molar-refractivity contribution in [3.05, 3.63) is 47.3 Å². The SMILES string of the molecule is [2H]C1([2H])/C=C/[C@@H]2C[C@]2(C(=O)NS(=O)(=O)C2CC2)NC(=O)[C@@H]2C[C@@H](OC(=O)N3Cc4cccc(F)c4C3)CN2C(=O)[C@@]([2H])(NC(=O)OC(C)(C)C)C([2H])([2H])C([2H])([2H])C([2H])([2H])C1([2H])[2H]. The van der Waals surface area contributed by atoms with Gasteiger partial charge in [-0.25, -0.2) is 22.4 Å². The molecule has 278 valence electrons. The standard InChI is InChI=1S/C35H46FN5O9S/c1-34(2,3)50-32(45)37-27-13-8-6-4-5-7-11-22-17-35(22,31(44)39-51(47,48)24-14-15-24)38-29(42)28-16-23(19-41(28)30(27)43)49-33(46)40-18-21-10-9-12-26(36)25(21)20-40/h7,9-12,22-24,27-28H,4-6,8,13-20H2,1-3H3,(H,37,45)(H,38,42)(H,39,44)/b11-7+/t22-,23-,27+,28+,35+/m1/s1/i4D2,5D2,6D2,8D2,13D2,27D. The van der Waals surface area contributed by atoms with Crippen LogP contribution in [-0.4, -0.2) is 89.2 Å². The number of ether oxygens (including phenoxy) is 2. The van der Waals surface area contributed by atoms with E-state index in [1.54, 1.807) is 11.4 Å². The normalized spacial score (nSPS) is 38.5. The second kappa shape index (κ2) is 14.1. The molecule has 3 fully saturated rings. The van der Waals surface area contributed by atoms with Gasteiger partial charge in [0.05, 0.1) is 19.7 Å². The molecule has 1 aromatic rings. The van der Waals surface area contributed by atoms with Gasteiger partial charge in [-0.1, -0.05) is 37.0 Å². The molecule has 0 spiro atoms. The Bertz CT molecular complexity index is 2230. The van der Waals surface area contributed by atoms with Crippen LogP contribution in [0.4, 0.5) is 14.0 Å². The lowest BCUT2D eigenvalue weighted by Crippen LogP contribution is -2.58. The number of nitrogens with one attached hydrogen (secondary N) is 3. The molecule has 5 amide bonds. The molecule has 5 aliphatic rings. The summed E-state index contributed by atoms with van der Waals surface area (Å²) in [4.78, 5) is 71.5. The van der Waals surface area contributed by atoms with Gasteiger partial charge in [0.25, 0.3) is 5.91 Å². The van der Waals surface area contributed by atoms with E-state index in [1.165, 1.54) is 32.9 Å². The average molecular weight is 743 g/mol. The number of hydrogen-bond acceptors (Lipinski definition) is 9. The molecule has 3 aliphatic heterocycles. The van der Waals surface area contributed by atoms with E-state index in [1.807, 2.05) is 4.72 Å². The van der Waals surface area contributed by atoms with Crippen LogP contribution in [0, 0.1) is 11.7 Å². The van der Waals surface area contributed by atoms with Gasteiger partial charge in [-0.05, 0) is 70.8 Å². The highest BCUT2D eigenvalue weighted by Crippen LogP contribution is 2.46. The fourth-order valence-electron chi connectivity index (χ4n) is 6.10. The number of allylic oxidation sites excluding steroid dienone is 1. The molecule has 3 heterocycles. The van der Waals surface area contributed by atoms with Gasteiger partial charge in [-0.3, -0.25) is 24.0 Å². The van der Waals surface area contributed by atoms with Gasteiger partial charge >= 0.3 is 12.2 Å². The number of alkyl carbamates (subject to hydrolysis) is 1. The molecule has 14 nitrogen and oxygen atoms in total. The van der Waals surface area contributed by atoms with Crippen molar-refractivity contribution in [2.75, 3.05) is 6.54 Å². The van der Waals surface area contributed by atoms with Crippen molar-refractivity contribution in [2.45, 2.75) is 126 Å². The first kappa shape index (κ1) is 24.9. The van der Waals surface area contributed by atoms with Crippen molar-refractivity contribution in [3.63, 3.8) is 0 Å². The van der Waals surface area contributed by atoms with Gasteiger partial charge in [0.1, 0.15) is 35.1 Å². The number of carbonyl (C=O) groups is 5. The Balaban J connectivity index is 1.47. The van der Waals surface area contributed by atoms with E-state index < -0.39 is 137 Å². The largest absolute Gasteiger partial charge is 0.444 e. The minimum Gasteiger partial charge on any atom is -0.444 e. The van der Waals surface area contributed by atoms with Crippen LogP contribution in [0.25, 0.3) is 0 Å². The first-order chi connectivity index (χ1) is 28.2. The number of sulfonamides is 1. The summed E-state index contributed by atoms with van der Waals surface area (Å²) in [7, 11) is -4.30. The number of benzene rings is 1. The zero-order valence-electron chi connectivity index (χ0n) is 39.0. The maximum atomic E-state index is 14.9. The van der Waals surface area contributed by atoms with Gasteiger partial charge in [0.2, 0.25) is 21.8 Å². The summed E-state index contributed by atoms with van der Waals surface area (Å²) in [5.74, 6) is -6.53. The van der Waals surface area contributed by atoms with E-state index in [0.29, 0.717) is 16.5 Å². The molecular weight excluding hydrogens is 685 g/mol. The van der Waals surface area contributed by atoms with Gasteiger partial charge < -0.3 is 25.0 Å². The first-order valence-electron chi connectivity index (χ1n) is 21.8. The Morgan fingerprint density at radius 1 is 1.14 bits per heavy atom. The smallest absolute Gasteiger partial charge is 0.410 e. The Labute approximate surface area is 312 Å². The highest BCUT2D eigenvalue weighted by atomic mass is 32.2. The van der Waals surface area contributed by atoms with Gasteiger partial charge in [0.15, 0.2) is 0 Å². The molecule has 51 heavy (non-hydrogen) atoms. The molecule has 2 aliphatic carbocycles. The van der Waals surface area contributed by atoms with E-state index in [-0.39, 0.29) is 31.5 Å². The number of nitrogens with zero attached hydrogens (tertiary/aromatic N) is 2. The van der Waals surface area contributed by atoms with Crippen molar-refractivity contribution in [1.29, 1.82) is 0 Å². The zero-order valence-corrected chi connectivity index (χ0v) is 28.8. The van der Waals surface area contributed by atoms with E-state index >= 15 is 0 Å². The third kappa shape index (κ3) is 8.31. The summed E-state index contributed by atoms with van der Waals surface area (Å²) < 4.78 is 150.